The van der Waals surface area contributed by atoms with Gasteiger partial charge in [0.05, 0.1) is 5.56 Å². The van der Waals surface area contributed by atoms with Gasteiger partial charge in [0, 0.05) is 31.5 Å². The molecule has 0 saturated heterocycles. The summed E-state index contributed by atoms with van der Waals surface area (Å²) in [6, 6.07) is 9.41. The Morgan fingerprint density at radius 2 is 1.88 bits per heavy atom. The molecular weight excluding hydrogens is 436 g/mol. The van der Waals surface area contributed by atoms with Crippen molar-refractivity contribution in [3.05, 3.63) is 65.7 Å². The van der Waals surface area contributed by atoms with Crippen LogP contribution in [0.3, 0.4) is 0 Å². The molecule has 32 heavy (non-hydrogen) atoms. The summed E-state index contributed by atoms with van der Waals surface area (Å²) in [6.45, 7) is 1.12. The standard InChI is InChI=1S/C18H15FN4O2.C2HF3O2/c19-15-4-2-1-3-14(15)16-9-17(22-25-16)21-18(24)23-8-6-12-10-20-7-5-13(12)11-23;3-2(4,5)1(6)7/h1-5,7,9-10H,6,8,11H2,(H,21,22,24);(H,6,7). The van der Waals surface area contributed by atoms with Crippen LogP contribution in [0.15, 0.2) is 53.3 Å². The van der Waals surface area contributed by atoms with E-state index in [1.54, 1.807) is 29.3 Å². The van der Waals surface area contributed by atoms with Crippen LogP contribution in [0.5, 0.6) is 0 Å². The van der Waals surface area contributed by atoms with Crippen LogP contribution < -0.4 is 5.32 Å². The smallest absolute Gasteiger partial charge is 0.475 e. The Bertz CT molecular complexity index is 1120. The molecule has 0 fully saturated rings. The van der Waals surface area contributed by atoms with E-state index in [2.05, 4.69) is 15.5 Å². The summed E-state index contributed by atoms with van der Waals surface area (Å²) in [5, 5.41) is 13.6. The van der Waals surface area contributed by atoms with E-state index in [1.165, 1.54) is 12.1 Å². The third kappa shape index (κ3) is 5.59. The minimum Gasteiger partial charge on any atom is -0.475 e. The van der Waals surface area contributed by atoms with Gasteiger partial charge in [-0.1, -0.05) is 17.3 Å². The number of benzene rings is 1. The van der Waals surface area contributed by atoms with Crippen molar-refractivity contribution in [3.63, 3.8) is 0 Å². The molecule has 0 saturated carbocycles. The molecule has 2 amide bonds. The molecule has 1 aromatic carbocycles. The molecule has 0 radical (unpaired) electrons. The number of alkyl halides is 3. The summed E-state index contributed by atoms with van der Waals surface area (Å²) in [7, 11) is 0. The molecule has 3 heterocycles. The number of aromatic nitrogens is 2. The summed E-state index contributed by atoms with van der Waals surface area (Å²) in [5.74, 6) is -2.64. The van der Waals surface area contributed by atoms with Crippen molar-refractivity contribution in [3.8, 4) is 11.3 Å². The average molecular weight is 452 g/mol. The van der Waals surface area contributed by atoms with Gasteiger partial charge in [0.25, 0.3) is 0 Å². The zero-order chi connectivity index (χ0) is 23.3. The van der Waals surface area contributed by atoms with Gasteiger partial charge < -0.3 is 14.5 Å². The van der Waals surface area contributed by atoms with Crippen LogP contribution in [-0.4, -0.2) is 44.9 Å². The number of amides is 2. The second-order valence-electron chi connectivity index (χ2n) is 6.61. The Morgan fingerprint density at radius 1 is 1.16 bits per heavy atom. The van der Waals surface area contributed by atoms with Crippen molar-refractivity contribution in [1.29, 1.82) is 0 Å². The maximum absolute atomic E-state index is 13.8. The van der Waals surface area contributed by atoms with Crippen LogP contribution in [0.4, 0.5) is 28.2 Å². The zero-order valence-electron chi connectivity index (χ0n) is 16.3. The van der Waals surface area contributed by atoms with Gasteiger partial charge in [-0.25, -0.2) is 14.0 Å². The lowest BCUT2D eigenvalue weighted by Crippen LogP contribution is -2.38. The van der Waals surface area contributed by atoms with E-state index in [-0.39, 0.29) is 17.6 Å². The molecule has 0 bridgehead atoms. The number of rotatable bonds is 2. The van der Waals surface area contributed by atoms with Crippen LogP contribution >= 0.6 is 0 Å². The van der Waals surface area contributed by atoms with Crippen molar-refractivity contribution < 1.29 is 36.8 Å². The number of urea groups is 1. The topological polar surface area (TPSA) is 109 Å². The second kappa shape index (κ2) is 9.45. The number of fused-ring (bicyclic) bond motifs is 1. The molecule has 0 spiro atoms. The summed E-state index contributed by atoms with van der Waals surface area (Å²) >= 11 is 0. The monoisotopic (exact) mass is 452 g/mol. The van der Waals surface area contributed by atoms with Gasteiger partial charge in [-0.2, -0.15) is 13.2 Å². The highest BCUT2D eigenvalue weighted by molar-refractivity contribution is 5.89. The number of carboxylic acids is 1. The van der Waals surface area contributed by atoms with Crippen molar-refractivity contribution >= 4 is 17.8 Å². The number of halogens is 4. The number of pyridine rings is 1. The van der Waals surface area contributed by atoms with Crippen molar-refractivity contribution in [2.24, 2.45) is 0 Å². The lowest BCUT2D eigenvalue weighted by atomic mass is 10.0. The van der Waals surface area contributed by atoms with Crippen molar-refractivity contribution in [2.75, 3.05) is 11.9 Å². The van der Waals surface area contributed by atoms with E-state index in [1.807, 2.05) is 12.3 Å². The molecule has 4 rings (SSSR count). The quantitative estimate of drug-likeness (QED) is 0.567. The van der Waals surface area contributed by atoms with Crippen molar-refractivity contribution in [1.82, 2.24) is 15.0 Å². The first-order chi connectivity index (χ1) is 15.1. The molecule has 1 aliphatic heterocycles. The van der Waals surface area contributed by atoms with Crippen LogP contribution in [0.25, 0.3) is 11.3 Å². The lowest BCUT2D eigenvalue weighted by molar-refractivity contribution is -0.192. The first kappa shape index (κ1) is 22.7. The molecule has 8 nitrogen and oxygen atoms in total. The number of nitrogens with zero attached hydrogens (tertiary/aromatic N) is 3. The van der Waals surface area contributed by atoms with E-state index < -0.39 is 18.0 Å². The average Bonchev–Trinajstić information content (AvgIpc) is 3.21. The van der Waals surface area contributed by atoms with Gasteiger partial charge in [0.2, 0.25) is 0 Å². The maximum Gasteiger partial charge on any atom is 0.490 e. The number of carboxylic acid groups (broad SMARTS) is 1. The molecule has 168 valence electrons. The highest BCUT2D eigenvalue weighted by Crippen LogP contribution is 2.25. The number of anilines is 1. The Kier molecular flexibility index (Phi) is 6.71. The van der Waals surface area contributed by atoms with Gasteiger partial charge >= 0.3 is 18.2 Å². The number of aliphatic carboxylic acids is 1. The number of carbonyl (C=O) groups excluding carboxylic acids is 1. The molecule has 2 aromatic heterocycles. The first-order valence-corrected chi connectivity index (χ1v) is 9.14. The molecule has 0 aliphatic carbocycles. The van der Waals surface area contributed by atoms with E-state index in [9.17, 15) is 22.4 Å². The molecule has 2 N–H and O–H groups in total. The maximum atomic E-state index is 13.8. The largest absolute Gasteiger partial charge is 0.490 e. The molecule has 0 unspecified atom stereocenters. The number of nitrogens with one attached hydrogen (secondary N) is 1. The van der Waals surface area contributed by atoms with Gasteiger partial charge in [0.15, 0.2) is 11.6 Å². The Labute approximate surface area is 178 Å². The Morgan fingerprint density at radius 3 is 2.56 bits per heavy atom. The predicted octanol–water partition coefficient (Wildman–Crippen LogP) is 4.10. The van der Waals surface area contributed by atoms with Gasteiger partial charge in [-0.05, 0) is 35.7 Å². The van der Waals surface area contributed by atoms with Crippen LogP contribution in [0.1, 0.15) is 11.1 Å². The third-order valence-corrected chi connectivity index (χ3v) is 4.43. The SMILES string of the molecule is O=C(Nc1cc(-c2ccccc2F)on1)N1CCc2cnccc2C1.O=C(O)C(F)(F)F. The van der Waals surface area contributed by atoms with Gasteiger partial charge in [-0.3, -0.25) is 10.3 Å². The fourth-order valence-corrected chi connectivity index (χ4v) is 2.86. The minimum atomic E-state index is -5.08. The van der Waals surface area contributed by atoms with Crippen LogP contribution in [0.2, 0.25) is 0 Å². The summed E-state index contributed by atoms with van der Waals surface area (Å²) in [4.78, 5) is 27.1. The lowest BCUT2D eigenvalue weighted by Gasteiger charge is -2.28. The summed E-state index contributed by atoms with van der Waals surface area (Å²) in [6.07, 6.45) is -0.767. The van der Waals surface area contributed by atoms with Gasteiger partial charge in [-0.15, -0.1) is 0 Å². The second-order valence-corrected chi connectivity index (χ2v) is 6.61. The van der Waals surface area contributed by atoms with E-state index in [0.717, 1.165) is 17.5 Å². The number of hydrogen-bond donors (Lipinski definition) is 2. The zero-order valence-corrected chi connectivity index (χ0v) is 16.3. The highest BCUT2D eigenvalue weighted by Gasteiger charge is 2.38. The predicted molar refractivity (Wildman–Crippen MR) is 103 cm³/mol. The fraction of sp³-hybridized carbons (Fsp3) is 0.200. The van der Waals surface area contributed by atoms with E-state index >= 15 is 0 Å². The van der Waals surface area contributed by atoms with Crippen molar-refractivity contribution in [2.45, 2.75) is 19.1 Å². The first-order valence-electron chi connectivity index (χ1n) is 9.14. The fourth-order valence-electron chi connectivity index (χ4n) is 2.86. The molecule has 0 atom stereocenters. The number of carbonyl (C=O) groups is 2. The van der Waals surface area contributed by atoms with Gasteiger partial charge in [0.1, 0.15) is 5.82 Å². The third-order valence-electron chi connectivity index (χ3n) is 4.43. The minimum absolute atomic E-state index is 0.253. The summed E-state index contributed by atoms with van der Waals surface area (Å²) < 4.78 is 50.7. The number of hydrogen-bond acceptors (Lipinski definition) is 5. The molecule has 3 aromatic rings. The molecular formula is C20H16F4N4O4. The Balaban J connectivity index is 0.000000360. The Hall–Kier alpha value is -3.96. The van der Waals surface area contributed by atoms with E-state index in [4.69, 9.17) is 14.4 Å². The molecule has 12 heteroatoms. The molecule has 1 aliphatic rings. The summed E-state index contributed by atoms with van der Waals surface area (Å²) in [5.41, 5.74) is 2.55. The highest BCUT2D eigenvalue weighted by atomic mass is 19.4. The normalized spacial score (nSPS) is 12.9. The van der Waals surface area contributed by atoms with Crippen LogP contribution in [-0.2, 0) is 17.8 Å². The van der Waals surface area contributed by atoms with E-state index in [0.29, 0.717) is 18.7 Å². The van der Waals surface area contributed by atoms with Crippen LogP contribution in [0, 0.1) is 5.82 Å².